The smallest absolute Gasteiger partial charge is 0.422 e. The maximum Gasteiger partial charge on any atom is 0.422 e. The Morgan fingerprint density at radius 1 is 1.11 bits per heavy atom. The SMILES string of the molecule is Cn1nc(-c2noc(-c3ccccc3)c2C(F)(F)F)c2c1-c1ccc(CN3CC(C(=O)O)C3)cc1CC2. The predicted octanol–water partition coefficient (Wildman–Crippen LogP) is 5.04. The quantitative estimate of drug-likeness (QED) is 0.407. The van der Waals surface area contributed by atoms with Gasteiger partial charge in [-0.2, -0.15) is 18.3 Å². The van der Waals surface area contributed by atoms with Crippen LogP contribution >= 0.6 is 0 Å². The van der Waals surface area contributed by atoms with Crippen LogP contribution in [0.1, 0.15) is 22.3 Å². The van der Waals surface area contributed by atoms with Crippen molar-refractivity contribution in [3.63, 3.8) is 0 Å². The van der Waals surface area contributed by atoms with Crippen molar-refractivity contribution in [3.8, 4) is 34.0 Å². The standard InChI is InChI=1S/C27H23F3N4O3/c1-33-24-19-9-7-15(12-34-13-18(14-34)26(35)36)11-17(19)8-10-20(24)22(31-33)23-21(27(28,29)30)25(37-32-23)16-5-3-2-4-6-16/h2-7,9,11,18H,8,10,12-14H2,1H3,(H,35,36). The Balaban J connectivity index is 1.36. The van der Waals surface area contributed by atoms with Gasteiger partial charge >= 0.3 is 12.1 Å². The molecular formula is C27H23F3N4O3. The van der Waals surface area contributed by atoms with Gasteiger partial charge < -0.3 is 9.63 Å². The van der Waals surface area contributed by atoms with Crippen LogP contribution < -0.4 is 0 Å². The average Bonchev–Trinajstić information content (AvgIpc) is 3.43. The fourth-order valence-corrected chi connectivity index (χ4v) is 5.39. The molecular weight excluding hydrogens is 485 g/mol. The summed E-state index contributed by atoms with van der Waals surface area (Å²) in [5.41, 5.74) is 3.86. The molecule has 1 N–H and O–H groups in total. The Kier molecular flexibility index (Phi) is 5.45. The summed E-state index contributed by atoms with van der Waals surface area (Å²) in [6, 6.07) is 14.2. The molecule has 6 rings (SSSR count). The minimum Gasteiger partial charge on any atom is -0.481 e. The molecule has 2 aliphatic rings. The number of alkyl halides is 3. The van der Waals surface area contributed by atoms with Gasteiger partial charge in [-0.15, -0.1) is 0 Å². The third-order valence-corrected chi connectivity index (χ3v) is 7.16. The fourth-order valence-electron chi connectivity index (χ4n) is 5.39. The largest absolute Gasteiger partial charge is 0.481 e. The number of aliphatic carboxylic acids is 1. The van der Waals surface area contributed by atoms with Crippen molar-refractivity contribution >= 4 is 5.97 Å². The minimum absolute atomic E-state index is 0.186. The first kappa shape index (κ1) is 23.5. The number of rotatable bonds is 5. The van der Waals surface area contributed by atoms with Gasteiger partial charge in [0.1, 0.15) is 17.0 Å². The van der Waals surface area contributed by atoms with Crippen molar-refractivity contribution in [2.24, 2.45) is 13.0 Å². The maximum absolute atomic E-state index is 14.3. The Morgan fingerprint density at radius 3 is 2.57 bits per heavy atom. The number of carbonyl (C=O) groups is 1. The summed E-state index contributed by atoms with van der Waals surface area (Å²) in [6.45, 7) is 1.73. The third kappa shape index (κ3) is 4.01. The van der Waals surface area contributed by atoms with Gasteiger partial charge in [0.15, 0.2) is 5.76 Å². The Morgan fingerprint density at radius 2 is 1.86 bits per heavy atom. The lowest BCUT2D eigenvalue weighted by Gasteiger charge is -2.36. The van der Waals surface area contributed by atoms with E-state index in [2.05, 4.69) is 21.2 Å². The lowest BCUT2D eigenvalue weighted by molar-refractivity contribution is -0.147. The Labute approximate surface area is 210 Å². The number of fused-ring (bicyclic) bond motifs is 3. The highest BCUT2D eigenvalue weighted by Gasteiger charge is 2.43. The number of aromatic nitrogens is 3. The van der Waals surface area contributed by atoms with Crippen LogP contribution in [0.2, 0.25) is 0 Å². The predicted molar refractivity (Wildman–Crippen MR) is 128 cm³/mol. The van der Waals surface area contributed by atoms with Crippen molar-refractivity contribution in [3.05, 3.63) is 70.8 Å². The van der Waals surface area contributed by atoms with Gasteiger partial charge in [0, 0.05) is 43.4 Å². The van der Waals surface area contributed by atoms with E-state index in [-0.39, 0.29) is 23.1 Å². The number of carboxylic acids is 1. The number of benzene rings is 2. The Hall–Kier alpha value is -3.92. The molecule has 1 aliphatic carbocycles. The molecule has 2 aromatic carbocycles. The van der Waals surface area contributed by atoms with E-state index in [9.17, 15) is 18.0 Å². The van der Waals surface area contributed by atoms with Crippen molar-refractivity contribution in [1.82, 2.24) is 19.8 Å². The monoisotopic (exact) mass is 508 g/mol. The number of hydrogen-bond donors (Lipinski definition) is 1. The number of likely N-dealkylation sites (tertiary alicyclic amines) is 1. The van der Waals surface area contributed by atoms with Crippen molar-refractivity contribution in [2.45, 2.75) is 25.6 Å². The second-order valence-corrected chi connectivity index (χ2v) is 9.62. The average molecular weight is 509 g/mol. The minimum atomic E-state index is -4.68. The summed E-state index contributed by atoms with van der Waals surface area (Å²) in [4.78, 5) is 13.2. The summed E-state index contributed by atoms with van der Waals surface area (Å²) >= 11 is 0. The molecule has 37 heavy (non-hydrogen) atoms. The molecule has 1 saturated heterocycles. The van der Waals surface area contributed by atoms with Gasteiger partial charge in [0.25, 0.3) is 0 Å². The highest BCUT2D eigenvalue weighted by Crippen LogP contribution is 2.46. The topological polar surface area (TPSA) is 84.4 Å². The molecule has 4 aromatic rings. The van der Waals surface area contributed by atoms with E-state index < -0.39 is 17.7 Å². The van der Waals surface area contributed by atoms with Crippen molar-refractivity contribution < 1.29 is 27.6 Å². The van der Waals surface area contributed by atoms with E-state index in [0.29, 0.717) is 43.6 Å². The van der Waals surface area contributed by atoms with Crippen LogP contribution in [-0.4, -0.2) is 44.0 Å². The molecule has 10 heteroatoms. The van der Waals surface area contributed by atoms with Crippen LogP contribution in [0.25, 0.3) is 34.0 Å². The zero-order valence-electron chi connectivity index (χ0n) is 19.9. The summed E-state index contributed by atoms with van der Waals surface area (Å²) in [5, 5.41) is 17.5. The summed E-state index contributed by atoms with van der Waals surface area (Å²) < 4.78 is 49.7. The first-order valence-electron chi connectivity index (χ1n) is 12.0. The van der Waals surface area contributed by atoms with E-state index in [0.717, 1.165) is 22.4 Å². The van der Waals surface area contributed by atoms with Crippen molar-refractivity contribution in [1.29, 1.82) is 0 Å². The summed E-state index contributed by atoms with van der Waals surface area (Å²) in [6.07, 6.45) is -3.51. The second-order valence-electron chi connectivity index (χ2n) is 9.62. The number of nitrogens with zero attached hydrogens (tertiary/aromatic N) is 4. The third-order valence-electron chi connectivity index (χ3n) is 7.16. The van der Waals surface area contributed by atoms with Crippen LogP contribution in [0, 0.1) is 5.92 Å². The second kappa shape index (κ2) is 8.58. The van der Waals surface area contributed by atoms with E-state index in [1.807, 2.05) is 12.1 Å². The molecule has 0 saturated carbocycles. The lowest BCUT2D eigenvalue weighted by Crippen LogP contribution is -2.49. The molecule has 2 aromatic heterocycles. The highest BCUT2D eigenvalue weighted by molar-refractivity contribution is 5.80. The van der Waals surface area contributed by atoms with E-state index >= 15 is 0 Å². The molecule has 0 bridgehead atoms. The highest BCUT2D eigenvalue weighted by atomic mass is 19.4. The lowest BCUT2D eigenvalue weighted by atomic mass is 9.86. The van der Waals surface area contributed by atoms with Crippen molar-refractivity contribution in [2.75, 3.05) is 13.1 Å². The van der Waals surface area contributed by atoms with Gasteiger partial charge in [0.2, 0.25) is 0 Å². The molecule has 3 heterocycles. The molecule has 0 unspecified atom stereocenters. The molecule has 0 atom stereocenters. The zero-order chi connectivity index (χ0) is 25.9. The van der Waals surface area contributed by atoms with Gasteiger partial charge in [0.05, 0.1) is 11.6 Å². The molecule has 1 aliphatic heterocycles. The van der Waals surface area contributed by atoms with Gasteiger partial charge in [-0.1, -0.05) is 53.7 Å². The first-order valence-corrected chi connectivity index (χ1v) is 12.0. The molecule has 190 valence electrons. The summed E-state index contributed by atoms with van der Waals surface area (Å²) in [7, 11) is 1.73. The Bertz CT molecular complexity index is 1500. The molecule has 7 nitrogen and oxygen atoms in total. The van der Waals surface area contributed by atoms with Crippen LogP contribution in [0.15, 0.2) is 53.1 Å². The zero-order valence-corrected chi connectivity index (χ0v) is 19.9. The molecule has 0 spiro atoms. The fraction of sp³-hybridized carbons (Fsp3) is 0.296. The van der Waals surface area contributed by atoms with Crippen LogP contribution in [0.5, 0.6) is 0 Å². The van der Waals surface area contributed by atoms with Gasteiger partial charge in [-0.05, 0) is 24.0 Å². The van der Waals surface area contributed by atoms with Crippen LogP contribution in [-0.2, 0) is 37.4 Å². The number of aryl methyl sites for hydroxylation is 2. The van der Waals surface area contributed by atoms with E-state index in [1.54, 1.807) is 42.1 Å². The molecule has 0 radical (unpaired) electrons. The molecule has 0 amide bonds. The van der Waals surface area contributed by atoms with Gasteiger partial charge in [-0.3, -0.25) is 14.4 Å². The normalized spacial score (nSPS) is 15.8. The maximum atomic E-state index is 14.3. The summed E-state index contributed by atoms with van der Waals surface area (Å²) in [5.74, 6) is -1.40. The number of hydrogen-bond acceptors (Lipinski definition) is 5. The number of halogens is 3. The van der Waals surface area contributed by atoms with Gasteiger partial charge in [-0.25, -0.2) is 0 Å². The van der Waals surface area contributed by atoms with E-state index in [4.69, 9.17) is 9.63 Å². The van der Waals surface area contributed by atoms with Crippen LogP contribution in [0.4, 0.5) is 13.2 Å². The number of carboxylic acid groups (broad SMARTS) is 1. The first-order chi connectivity index (χ1) is 17.7. The molecule has 1 fully saturated rings. The van der Waals surface area contributed by atoms with E-state index in [1.165, 1.54) is 0 Å². The van der Waals surface area contributed by atoms with Crippen LogP contribution in [0.3, 0.4) is 0 Å².